The van der Waals surface area contributed by atoms with E-state index in [4.69, 9.17) is 10.6 Å². The quantitative estimate of drug-likeness (QED) is 0.669. The number of carbonyl (C=O) groups excluding carboxylic acids is 1. The molecule has 0 saturated heterocycles. The summed E-state index contributed by atoms with van der Waals surface area (Å²) in [6.07, 6.45) is 0. The van der Waals surface area contributed by atoms with Crippen LogP contribution in [-0.2, 0) is 9.63 Å². The summed E-state index contributed by atoms with van der Waals surface area (Å²) in [6, 6.07) is 18.1. The summed E-state index contributed by atoms with van der Waals surface area (Å²) >= 11 is 0. The van der Waals surface area contributed by atoms with Crippen LogP contribution in [0.5, 0.6) is 0 Å². The first-order valence-electron chi connectivity index (χ1n) is 6.27. The van der Waals surface area contributed by atoms with Crippen molar-refractivity contribution in [3.8, 4) is 11.1 Å². The first kappa shape index (κ1) is 13.8. The fourth-order valence-corrected chi connectivity index (χ4v) is 1.78. The molecule has 1 amide bonds. The standard InChI is InChI=1S/C16H16N2O2/c1-12(18-20-11-16(17)19)13-7-9-15(10-8-13)14-5-3-2-4-6-14/h2-10H,11H2,1H3,(H2,17,19)/b18-12+. The molecule has 102 valence electrons. The van der Waals surface area contributed by atoms with Gasteiger partial charge in [0.2, 0.25) is 0 Å². The van der Waals surface area contributed by atoms with Crippen molar-refractivity contribution in [2.24, 2.45) is 10.9 Å². The third-order valence-corrected chi connectivity index (χ3v) is 2.82. The Hall–Kier alpha value is -2.62. The van der Waals surface area contributed by atoms with Gasteiger partial charge in [0, 0.05) is 0 Å². The zero-order valence-corrected chi connectivity index (χ0v) is 11.2. The number of carbonyl (C=O) groups is 1. The monoisotopic (exact) mass is 268 g/mol. The Balaban J connectivity index is 2.10. The Morgan fingerprint density at radius 3 is 2.25 bits per heavy atom. The van der Waals surface area contributed by atoms with Crippen molar-refractivity contribution in [3.63, 3.8) is 0 Å². The SMILES string of the molecule is C/C(=N\OCC(N)=O)c1ccc(-c2ccccc2)cc1. The highest BCUT2D eigenvalue weighted by Crippen LogP contribution is 2.19. The summed E-state index contributed by atoms with van der Waals surface area (Å²) < 4.78 is 0. The molecular formula is C16H16N2O2. The largest absolute Gasteiger partial charge is 0.385 e. The van der Waals surface area contributed by atoms with E-state index in [1.807, 2.05) is 49.4 Å². The number of primary amides is 1. The lowest BCUT2D eigenvalue weighted by atomic mass is 10.0. The summed E-state index contributed by atoms with van der Waals surface area (Å²) in [7, 11) is 0. The molecule has 0 aliphatic rings. The van der Waals surface area contributed by atoms with Gasteiger partial charge in [0.1, 0.15) is 0 Å². The molecule has 0 unspecified atom stereocenters. The second-order valence-electron chi connectivity index (χ2n) is 4.36. The van der Waals surface area contributed by atoms with Crippen LogP contribution in [0.4, 0.5) is 0 Å². The van der Waals surface area contributed by atoms with E-state index in [0.717, 1.165) is 11.1 Å². The number of amides is 1. The van der Waals surface area contributed by atoms with Crippen LogP contribution >= 0.6 is 0 Å². The smallest absolute Gasteiger partial charge is 0.258 e. The van der Waals surface area contributed by atoms with Crippen molar-refractivity contribution < 1.29 is 9.63 Å². The predicted molar refractivity (Wildman–Crippen MR) is 79.2 cm³/mol. The average Bonchev–Trinajstić information content (AvgIpc) is 2.48. The third-order valence-electron chi connectivity index (χ3n) is 2.82. The molecule has 0 atom stereocenters. The van der Waals surface area contributed by atoms with E-state index in [0.29, 0.717) is 5.71 Å². The average molecular weight is 268 g/mol. The number of rotatable bonds is 5. The highest BCUT2D eigenvalue weighted by Gasteiger charge is 2.01. The molecule has 2 rings (SSSR count). The molecule has 0 saturated carbocycles. The highest BCUT2D eigenvalue weighted by molar-refractivity contribution is 5.98. The summed E-state index contributed by atoms with van der Waals surface area (Å²) in [5.41, 5.74) is 8.91. The van der Waals surface area contributed by atoms with E-state index in [2.05, 4.69) is 17.3 Å². The van der Waals surface area contributed by atoms with Crippen LogP contribution < -0.4 is 5.73 Å². The van der Waals surface area contributed by atoms with Gasteiger partial charge in [0.05, 0.1) is 5.71 Å². The van der Waals surface area contributed by atoms with Gasteiger partial charge in [0.15, 0.2) is 6.61 Å². The Kier molecular flexibility index (Phi) is 4.50. The molecule has 0 aliphatic heterocycles. The van der Waals surface area contributed by atoms with E-state index in [9.17, 15) is 4.79 Å². The molecule has 2 aromatic rings. The van der Waals surface area contributed by atoms with Gasteiger partial charge in [-0.05, 0) is 23.6 Å². The van der Waals surface area contributed by atoms with Gasteiger partial charge in [-0.15, -0.1) is 0 Å². The molecule has 0 fully saturated rings. The molecule has 2 N–H and O–H groups in total. The number of nitrogens with two attached hydrogens (primary N) is 1. The first-order chi connectivity index (χ1) is 9.66. The molecule has 0 aromatic heterocycles. The fourth-order valence-electron chi connectivity index (χ4n) is 1.78. The number of hydrogen-bond acceptors (Lipinski definition) is 3. The van der Waals surface area contributed by atoms with Crippen LogP contribution in [0.2, 0.25) is 0 Å². The molecule has 20 heavy (non-hydrogen) atoms. The Morgan fingerprint density at radius 1 is 1.05 bits per heavy atom. The summed E-state index contributed by atoms with van der Waals surface area (Å²) in [5.74, 6) is -0.541. The maximum absolute atomic E-state index is 10.5. The maximum atomic E-state index is 10.5. The minimum atomic E-state index is -0.541. The van der Waals surface area contributed by atoms with Gasteiger partial charge in [0.25, 0.3) is 5.91 Å². The van der Waals surface area contributed by atoms with E-state index in [1.165, 1.54) is 5.56 Å². The zero-order chi connectivity index (χ0) is 14.4. The Bertz CT molecular complexity index is 604. The number of benzene rings is 2. The van der Waals surface area contributed by atoms with Crippen LogP contribution in [0.25, 0.3) is 11.1 Å². The topological polar surface area (TPSA) is 64.7 Å². The Labute approximate surface area is 117 Å². The molecular weight excluding hydrogens is 252 g/mol. The van der Waals surface area contributed by atoms with E-state index in [1.54, 1.807) is 0 Å². The molecule has 4 nitrogen and oxygen atoms in total. The number of nitrogens with zero attached hydrogens (tertiary/aromatic N) is 1. The van der Waals surface area contributed by atoms with Gasteiger partial charge in [-0.25, -0.2) is 0 Å². The summed E-state index contributed by atoms with van der Waals surface area (Å²) in [4.78, 5) is 15.4. The molecule has 0 aliphatic carbocycles. The van der Waals surface area contributed by atoms with Crippen LogP contribution in [0.1, 0.15) is 12.5 Å². The van der Waals surface area contributed by atoms with Crippen molar-refractivity contribution >= 4 is 11.6 Å². The number of hydrogen-bond donors (Lipinski definition) is 1. The van der Waals surface area contributed by atoms with Gasteiger partial charge < -0.3 is 10.6 Å². The minimum absolute atomic E-state index is 0.209. The van der Waals surface area contributed by atoms with E-state index < -0.39 is 5.91 Å². The molecule has 0 radical (unpaired) electrons. The summed E-state index contributed by atoms with van der Waals surface area (Å²) in [5, 5.41) is 3.85. The van der Waals surface area contributed by atoms with Gasteiger partial charge >= 0.3 is 0 Å². The summed E-state index contributed by atoms with van der Waals surface area (Å²) in [6.45, 7) is 1.61. The van der Waals surface area contributed by atoms with Gasteiger partial charge in [-0.2, -0.15) is 0 Å². The normalized spacial score (nSPS) is 11.2. The van der Waals surface area contributed by atoms with E-state index in [-0.39, 0.29) is 6.61 Å². The molecule has 4 heteroatoms. The third kappa shape index (κ3) is 3.68. The van der Waals surface area contributed by atoms with E-state index >= 15 is 0 Å². The van der Waals surface area contributed by atoms with Crippen LogP contribution in [0, 0.1) is 0 Å². The lowest BCUT2D eigenvalue weighted by Gasteiger charge is -2.04. The fraction of sp³-hybridized carbons (Fsp3) is 0.125. The maximum Gasteiger partial charge on any atom is 0.258 e. The lowest BCUT2D eigenvalue weighted by molar-refractivity contribution is -0.122. The van der Waals surface area contributed by atoms with Crippen LogP contribution in [-0.4, -0.2) is 18.2 Å². The van der Waals surface area contributed by atoms with Crippen molar-refractivity contribution in [1.29, 1.82) is 0 Å². The van der Waals surface area contributed by atoms with Gasteiger partial charge in [-0.3, -0.25) is 4.79 Å². The number of oxime groups is 1. The molecule has 0 bridgehead atoms. The zero-order valence-electron chi connectivity index (χ0n) is 11.2. The Morgan fingerprint density at radius 2 is 1.65 bits per heavy atom. The highest BCUT2D eigenvalue weighted by atomic mass is 16.6. The van der Waals surface area contributed by atoms with Crippen LogP contribution in [0.3, 0.4) is 0 Å². The second kappa shape index (κ2) is 6.52. The molecule has 2 aromatic carbocycles. The van der Waals surface area contributed by atoms with Crippen molar-refractivity contribution in [3.05, 3.63) is 60.2 Å². The lowest BCUT2D eigenvalue weighted by Crippen LogP contribution is -2.16. The predicted octanol–water partition coefficient (Wildman–Crippen LogP) is 2.58. The molecule has 0 heterocycles. The molecule has 0 spiro atoms. The van der Waals surface area contributed by atoms with Crippen molar-refractivity contribution in [1.82, 2.24) is 0 Å². The van der Waals surface area contributed by atoms with Crippen molar-refractivity contribution in [2.75, 3.05) is 6.61 Å². The van der Waals surface area contributed by atoms with Crippen molar-refractivity contribution in [2.45, 2.75) is 6.92 Å². The minimum Gasteiger partial charge on any atom is -0.385 e. The van der Waals surface area contributed by atoms with Gasteiger partial charge in [-0.1, -0.05) is 59.8 Å². The first-order valence-corrected chi connectivity index (χ1v) is 6.27. The van der Waals surface area contributed by atoms with Crippen LogP contribution in [0.15, 0.2) is 59.8 Å². The second-order valence-corrected chi connectivity index (χ2v) is 4.36.